The molecule has 0 spiro atoms. The van der Waals surface area contributed by atoms with E-state index in [-0.39, 0.29) is 12.6 Å². The van der Waals surface area contributed by atoms with Gasteiger partial charge in [0.2, 0.25) is 0 Å². The van der Waals surface area contributed by atoms with Crippen molar-refractivity contribution in [2.24, 2.45) is 0 Å². The Balaban J connectivity index is 0.000000572. The van der Waals surface area contributed by atoms with Crippen LogP contribution in [0.3, 0.4) is 0 Å². The largest absolute Gasteiger partial charge is 0.509 e. The van der Waals surface area contributed by atoms with Crippen molar-refractivity contribution in [3.8, 4) is 0 Å². The molecule has 0 saturated carbocycles. The van der Waals surface area contributed by atoms with Gasteiger partial charge in [0.05, 0.1) is 6.08 Å². The fraction of sp³-hybridized carbons (Fsp3) is 0.548. The minimum Gasteiger partial charge on any atom is -0.509 e. The van der Waals surface area contributed by atoms with E-state index in [9.17, 15) is 24.3 Å². The monoisotopic (exact) mass is 594 g/mol. The van der Waals surface area contributed by atoms with Gasteiger partial charge in [-0.25, -0.2) is 14.4 Å². The van der Waals surface area contributed by atoms with E-state index < -0.39 is 34.8 Å². The number of carbonyl (C=O) groups is 4. The summed E-state index contributed by atoms with van der Waals surface area (Å²) in [4.78, 5) is 44.1. The van der Waals surface area contributed by atoms with Crippen molar-refractivity contribution < 1.29 is 52.7 Å². The summed E-state index contributed by atoms with van der Waals surface area (Å²) in [5.41, 5.74) is 0.804. The van der Waals surface area contributed by atoms with E-state index in [0.717, 1.165) is 0 Å². The van der Waals surface area contributed by atoms with Crippen molar-refractivity contribution in [3.63, 3.8) is 0 Å². The molecule has 0 unspecified atom stereocenters. The van der Waals surface area contributed by atoms with Gasteiger partial charge in [-0.3, -0.25) is 4.79 Å². The molecule has 236 valence electrons. The zero-order chi connectivity index (χ0) is 32.3. The Morgan fingerprint density at radius 2 is 1.36 bits per heavy atom. The normalized spacial score (nSPS) is 16.2. The minimum atomic E-state index is -1.30. The van der Waals surface area contributed by atoms with Crippen LogP contribution < -0.4 is 0 Å². The van der Waals surface area contributed by atoms with Gasteiger partial charge in [0.15, 0.2) is 5.57 Å². The topological polar surface area (TPSA) is 144 Å². The van der Waals surface area contributed by atoms with Crippen molar-refractivity contribution in [1.82, 2.24) is 0 Å². The summed E-state index contributed by atoms with van der Waals surface area (Å²) in [5, 5.41) is 9.34. The van der Waals surface area contributed by atoms with Crippen molar-refractivity contribution >= 4 is 23.7 Å². The van der Waals surface area contributed by atoms with E-state index in [2.05, 4.69) is 23.8 Å². The van der Waals surface area contributed by atoms with Crippen LogP contribution in [0.4, 0.5) is 0 Å². The molecular weight excluding hydrogens is 548 g/mol. The van der Waals surface area contributed by atoms with E-state index in [4.69, 9.17) is 23.7 Å². The molecule has 11 nitrogen and oxygen atoms in total. The molecular formula is C31H46O11. The summed E-state index contributed by atoms with van der Waals surface area (Å²) in [6.45, 7) is 12.6. The Bertz CT molecular complexity index is 1040. The summed E-state index contributed by atoms with van der Waals surface area (Å²) >= 11 is 0. The molecule has 1 saturated heterocycles. The van der Waals surface area contributed by atoms with Crippen LogP contribution in [0, 0.1) is 6.92 Å². The molecule has 11 heteroatoms. The van der Waals surface area contributed by atoms with Crippen molar-refractivity contribution in [3.05, 3.63) is 59.1 Å². The molecule has 0 radical (unpaired) electrons. The SMILES string of the molecule is CCC(=O)CC.CCC1(CC)OC(=O)C=C(COC)O1.COCC(O)=C1C(=O)OC(C)(C)OC1=O.Cc1ccccc1. The molecule has 0 amide bonds. The second-order valence-electron chi connectivity index (χ2n) is 9.52. The summed E-state index contributed by atoms with van der Waals surface area (Å²) in [5.74, 6) is -3.89. The lowest BCUT2D eigenvalue weighted by Crippen LogP contribution is -2.42. The average Bonchev–Trinajstić information content (AvgIpc) is 2.93. The highest BCUT2D eigenvalue weighted by Gasteiger charge is 2.41. The first-order valence-corrected chi connectivity index (χ1v) is 13.8. The van der Waals surface area contributed by atoms with Crippen LogP contribution in [0.2, 0.25) is 0 Å². The minimum absolute atomic E-state index is 0.250. The maximum atomic E-state index is 11.3. The number of hydrogen-bond acceptors (Lipinski definition) is 11. The molecule has 3 rings (SSSR count). The van der Waals surface area contributed by atoms with E-state index >= 15 is 0 Å². The number of ketones is 1. The van der Waals surface area contributed by atoms with Crippen LogP contribution in [0.1, 0.15) is 72.8 Å². The number of aryl methyl sites for hydroxylation is 1. The Labute approximate surface area is 248 Å². The van der Waals surface area contributed by atoms with Gasteiger partial charge in [0.25, 0.3) is 11.6 Å². The fourth-order valence-corrected chi connectivity index (χ4v) is 3.27. The number of benzene rings is 1. The maximum absolute atomic E-state index is 11.3. The quantitative estimate of drug-likeness (QED) is 0.182. The Hall–Kier alpha value is -3.70. The van der Waals surface area contributed by atoms with E-state index in [0.29, 0.717) is 43.8 Å². The highest BCUT2D eigenvalue weighted by Crippen LogP contribution is 2.29. The summed E-state index contributed by atoms with van der Waals surface area (Å²) in [6.07, 6.45) is 3.98. The third-order valence-corrected chi connectivity index (χ3v) is 5.63. The Kier molecular flexibility index (Phi) is 17.7. The zero-order valence-corrected chi connectivity index (χ0v) is 26.2. The maximum Gasteiger partial charge on any atom is 0.352 e. The number of Topliss-reactive ketones (excluding diaryl/α,β-unsaturated/α-hetero) is 1. The van der Waals surface area contributed by atoms with Gasteiger partial charge < -0.3 is 33.5 Å². The van der Waals surface area contributed by atoms with Crippen LogP contribution in [-0.2, 0) is 47.6 Å². The Morgan fingerprint density at radius 3 is 1.71 bits per heavy atom. The van der Waals surface area contributed by atoms with Crippen molar-refractivity contribution in [2.75, 3.05) is 27.4 Å². The molecule has 1 aromatic rings. The first kappa shape index (κ1) is 38.3. The van der Waals surface area contributed by atoms with Gasteiger partial charge in [-0.15, -0.1) is 0 Å². The molecule has 0 aromatic heterocycles. The smallest absolute Gasteiger partial charge is 0.352 e. The van der Waals surface area contributed by atoms with Crippen LogP contribution >= 0.6 is 0 Å². The molecule has 1 aromatic carbocycles. The highest BCUT2D eigenvalue weighted by atomic mass is 16.7. The number of methoxy groups -OCH3 is 2. The number of esters is 3. The van der Waals surface area contributed by atoms with E-state index in [1.54, 1.807) is 7.11 Å². The molecule has 2 heterocycles. The molecule has 0 atom stereocenters. The first-order chi connectivity index (χ1) is 19.7. The number of aliphatic hydroxyl groups is 1. The number of ether oxygens (including phenoxy) is 6. The number of carbonyl (C=O) groups excluding carboxylic acids is 4. The standard InChI is InChI=1S/C10H16O4.C9H12O6.C7H8.C5H10O/c1-4-10(5-2)13-8(7-12-3)6-9(11)14-10;1-9(2)14-7(11)6(8(12)15-9)5(10)4-13-3;1-7-5-3-2-4-6-7;1-3-5(6)4-2/h6H,4-5,7H2,1-3H3;10H,4H2,1-3H3;2-6H,1H3;3-4H2,1-2H3. The molecule has 2 aliphatic rings. The number of hydrogen-bond donors (Lipinski definition) is 1. The summed E-state index contributed by atoms with van der Waals surface area (Å²) in [6, 6.07) is 10.3. The van der Waals surface area contributed by atoms with Gasteiger partial charge in [-0.05, 0) is 6.92 Å². The third kappa shape index (κ3) is 14.3. The lowest BCUT2D eigenvalue weighted by molar-refractivity contribution is -0.226. The van der Waals surface area contributed by atoms with Crippen molar-refractivity contribution in [1.29, 1.82) is 0 Å². The highest BCUT2D eigenvalue weighted by molar-refractivity contribution is 6.15. The van der Waals surface area contributed by atoms with Gasteiger partial charge in [-0.1, -0.05) is 63.6 Å². The molecule has 42 heavy (non-hydrogen) atoms. The van der Waals surface area contributed by atoms with E-state index in [1.807, 2.05) is 45.9 Å². The second-order valence-corrected chi connectivity index (χ2v) is 9.52. The van der Waals surface area contributed by atoms with Gasteiger partial charge in [-0.2, -0.15) is 0 Å². The molecule has 1 fully saturated rings. The molecule has 1 N–H and O–H groups in total. The number of cyclic esters (lactones) is 3. The number of aliphatic hydroxyl groups excluding tert-OH is 1. The van der Waals surface area contributed by atoms with Gasteiger partial charge >= 0.3 is 17.9 Å². The Morgan fingerprint density at radius 1 is 0.833 bits per heavy atom. The zero-order valence-electron chi connectivity index (χ0n) is 26.2. The van der Waals surface area contributed by atoms with Crippen LogP contribution in [0.15, 0.2) is 53.5 Å². The van der Waals surface area contributed by atoms with Crippen molar-refractivity contribution in [2.45, 2.75) is 85.7 Å². The van der Waals surface area contributed by atoms with Gasteiger partial charge in [0.1, 0.15) is 30.5 Å². The van der Waals surface area contributed by atoms with Crippen LogP contribution in [0.25, 0.3) is 0 Å². The van der Waals surface area contributed by atoms with Crippen LogP contribution in [-0.4, -0.2) is 67.8 Å². The summed E-state index contributed by atoms with van der Waals surface area (Å²) in [7, 11) is 2.88. The lowest BCUT2D eigenvalue weighted by atomic mass is 10.1. The predicted octanol–water partition coefficient (Wildman–Crippen LogP) is 5.26. The van der Waals surface area contributed by atoms with E-state index in [1.165, 1.54) is 32.6 Å². The second kappa shape index (κ2) is 19.4. The fourth-order valence-electron chi connectivity index (χ4n) is 3.27. The number of rotatable bonds is 8. The molecule has 0 bridgehead atoms. The first-order valence-electron chi connectivity index (χ1n) is 13.8. The van der Waals surface area contributed by atoms with Gasteiger partial charge in [0, 0.05) is 53.8 Å². The van der Waals surface area contributed by atoms with Crippen LogP contribution in [0.5, 0.6) is 0 Å². The third-order valence-electron chi connectivity index (χ3n) is 5.63. The molecule has 2 aliphatic heterocycles. The summed E-state index contributed by atoms with van der Waals surface area (Å²) < 4.78 is 29.8. The predicted molar refractivity (Wildman–Crippen MR) is 155 cm³/mol. The average molecular weight is 595 g/mol. The lowest BCUT2D eigenvalue weighted by Gasteiger charge is -2.35. The molecule has 0 aliphatic carbocycles.